The van der Waals surface area contributed by atoms with Crippen LogP contribution in [0, 0.1) is 5.92 Å². The Labute approximate surface area is 149 Å². The Morgan fingerprint density at radius 1 is 1.25 bits per heavy atom. The number of rotatable bonds is 4. The molecule has 5 heteroatoms. The van der Waals surface area contributed by atoms with Crippen LogP contribution in [-0.4, -0.2) is 65.4 Å². The topological polar surface area (TPSA) is 26.8 Å². The molecular weight excluding hydrogens is 318 g/mol. The van der Waals surface area contributed by atoms with Crippen molar-refractivity contribution in [1.82, 2.24) is 14.7 Å². The van der Waals surface area contributed by atoms with Crippen LogP contribution in [0.2, 0.25) is 0 Å². The molecule has 0 saturated carbocycles. The standard InChI is InChI=1S/C19H29N3OS/c1-15(23)22-17(13-20-7-2-3-8-20)11-16-12-21(9-6-19(16)22)14-18-5-4-10-24-18/h4-5,10,16-17,19H,2-3,6-9,11-14H2,1H3/t16-,17?,19+/m1/s1. The molecule has 3 saturated heterocycles. The van der Waals surface area contributed by atoms with Gasteiger partial charge in [-0.2, -0.15) is 0 Å². The van der Waals surface area contributed by atoms with Crippen molar-refractivity contribution < 1.29 is 4.79 Å². The average molecular weight is 348 g/mol. The van der Waals surface area contributed by atoms with Crippen LogP contribution in [0.4, 0.5) is 0 Å². The molecule has 1 aromatic heterocycles. The summed E-state index contributed by atoms with van der Waals surface area (Å²) >= 11 is 1.86. The zero-order valence-electron chi connectivity index (χ0n) is 14.7. The molecule has 24 heavy (non-hydrogen) atoms. The van der Waals surface area contributed by atoms with Gasteiger partial charge in [-0.15, -0.1) is 11.3 Å². The smallest absolute Gasteiger partial charge is 0.219 e. The zero-order chi connectivity index (χ0) is 16.5. The summed E-state index contributed by atoms with van der Waals surface area (Å²) in [4.78, 5) is 21.2. The molecule has 132 valence electrons. The summed E-state index contributed by atoms with van der Waals surface area (Å²) in [6.45, 7) is 8.68. The molecule has 0 radical (unpaired) electrons. The summed E-state index contributed by atoms with van der Waals surface area (Å²) in [6, 6.07) is 5.31. The zero-order valence-corrected chi connectivity index (χ0v) is 15.5. The highest BCUT2D eigenvalue weighted by atomic mass is 32.1. The van der Waals surface area contributed by atoms with E-state index in [1.54, 1.807) is 6.92 Å². The van der Waals surface area contributed by atoms with E-state index in [1.165, 1.54) is 37.2 Å². The van der Waals surface area contributed by atoms with E-state index in [0.29, 0.717) is 23.9 Å². The van der Waals surface area contributed by atoms with Crippen LogP contribution in [0.15, 0.2) is 17.5 Å². The maximum absolute atomic E-state index is 12.3. The average Bonchev–Trinajstić information content (AvgIpc) is 3.27. The summed E-state index contributed by atoms with van der Waals surface area (Å²) in [7, 11) is 0. The molecule has 3 fully saturated rings. The second-order valence-electron chi connectivity index (χ2n) is 7.75. The number of hydrogen-bond acceptors (Lipinski definition) is 4. The fourth-order valence-electron chi connectivity index (χ4n) is 5.11. The minimum absolute atomic E-state index is 0.290. The largest absolute Gasteiger partial charge is 0.335 e. The first-order valence-electron chi connectivity index (χ1n) is 9.46. The Kier molecular flexibility index (Phi) is 4.93. The fourth-order valence-corrected chi connectivity index (χ4v) is 5.86. The van der Waals surface area contributed by atoms with Gasteiger partial charge in [-0.25, -0.2) is 0 Å². The van der Waals surface area contributed by atoms with Crippen molar-refractivity contribution in [3.05, 3.63) is 22.4 Å². The van der Waals surface area contributed by atoms with Gasteiger partial charge in [0.25, 0.3) is 0 Å². The van der Waals surface area contributed by atoms with Crippen molar-refractivity contribution in [3.8, 4) is 0 Å². The summed E-state index contributed by atoms with van der Waals surface area (Å²) in [5.41, 5.74) is 0. The number of hydrogen-bond donors (Lipinski definition) is 0. The molecule has 0 aromatic carbocycles. The maximum Gasteiger partial charge on any atom is 0.219 e. The molecule has 3 atom stereocenters. The van der Waals surface area contributed by atoms with Gasteiger partial charge in [0.2, 0.25) is 5.91 Å². The van der Waals surface area contributed by atoms with Gasteiger partial charge in [-0.3, -0.25) is 9.69 Å². The summed E-state index contributed by atoms with van der Waals surface area (Å²) in [6.07, 6.45) is 5.00. The van der Waals surface area contributed by atoms with E-state index in [2.05, 4.69) is 32.2 Å². The van der Waals surface area contributed by atoms with Gasteiger partial charge in [0, 0.05) is 50.1 Å². The Hall–Kier alpha value is -0.910. The Balaban J connectivity index is 1.41. The van der Waals surface area contributed by atoms with E-state index in [4.69, 9.17) is 0 Å². The molecule has 1 amide bonds. The maximum atomic E-state index is 12.3. The first kappa shape index (κ1) is 16.6. The number of likely N-dealkylation sites (tertiary alicyclic amines) is 3. The number of amides is 1. The van der Waals surface area contributed by atoms with Gasteiger partial charge in [0.1, 0.15) is 0 Å². The Bertz CT molecular complexity index is 555. The number of piperidine rings is 1. The minimum atomic E-state index is 0.290. The lowest BCUT2D eigenvalue weighted by molar-refractivity contribution is -0.133. The highest BCUT2D eigenvalue weighted by Gasteiger charge is 2.45. The first-order chi connectivity index (χ1) is 11.7. The van der Waals surface area contributed by atoms with Crippen molar-refractivity contribution >= 4 is 17.2 Å². The van der Waals surface area contributed by atoms with Crippen LogP contribution in [0.25, 0.3) is 0 Å². The third-order valence-corrected chi connectivity index (χ3v) is 6.96. The van der Waals surface area contributed by atoms with Crippen molar-refractivity contribution in [1.29, 1.82) is 0 Å². The fraction of sp³-hybridized carbons (Fsp3) is 0.737. The number of nitrogens with zero attached hydrogens (tertiary/aromatic N) is 3. The second kappa shape index (κ2) is 7.14. The molecule has 0 bridgehead atoms. The Morgan fingerprint density at radius 2 is 2.08 bits per heavy atom. The molecule has 0 aliphatic carbocycles. The monoisotopic (exact) mass is 347 g/mol. The summed E-state index contributed by atoms with van der Waals surface area (Å²) in [5.74, 6) is 0.952. The van der Waals surface area contributed by atoms with E-state index < -0.39 is 0 Å². The van der Waals surface area contributed by atoms with Gasteiger partial charge >= 0.3 is 0 Å². The highest BCUT2D eigenvalue weighted by Crippen LogP contribution is 2.37. The van der Waals surface area contributed by atoms with Crippen LogP contribution in [0.1, 0.15) is 37.5 Å². The van der Waals surface area contributed by atoms with Crippen molar-refractivity contribution in [3.63, 3.8) is 0 Å². The summed E-state index contributed by atoms with van der Waals surface area (Å²) in [5, 5.41) is 2.17. The minimum Gasteiger partial charge on any atom is -0.335 e. The molecular formula is C19H29N3OS. The second-order valence-corrected chi connectivity index (χ2v) is 8.79. The lowest BCUT2D eigenvalue weighted by Crippen LogP contribution is -2.49. The predicted molar refractivity (Wildman–Crippen MR) is 98.1 cm³/mol. The molecule has 1 unspecified atom stereocenters. The quantitative estimate of drug-likeness (QED) is 0.838. The SMILES string of the molecule is CC(=O)N1C(CN2CCCC2)C[C@@H]2CN(Cc3cccs3)CC[C@@H]21. The lowest BCUT2D eigenvalue weighted by atomic mass is 9.92. The van der Waals surface area contributed by atoms with Crippen LogP contribution < -0.4 is 0 Å². The first-order valence-corrected chi connectivity index (χ1v) is 10.3. The van der Waals surface area contributed by atoms with E-state index in [0.717, 1.165) is 32.6 Å². The van der Waals surface area contributed by atoms with E-state index in [9.17, 15) is 4.79 Å². The van der Waals surface area contributed by atoms with Crippen molar-refractivity contribution in [2.24, 2.45) is 5.92 Å². The van der Waals surface area contributed by atoms with Crippen LogP contribution in [0.3, 0.4) is 0 Å². The van der Waals surface area contributed by atoms with E-state index >= 15 is 0 Å². The van der Waals surface area contributed by atoms with Crippen molar-refractivity contribution in [2.75, 3.05) is 32.7 Å². The highest BCUT2D eigenvalue weighted by molar-refractivity contribution is 7.09. The van der Waals surface area contributed by atoms with Gasteiger partial charge in [0.05, 0.1) is 0 Å². The predicted octanol–water partition coefficient (Wildman–Crippen LogP) is 2.66. The normalized spacial score (nSPS) is 31.5. The number of fused-ring (bicyclic) bond motifs is 1. The molecule has 3 aliphatic heterocycles. The van der Waals surface area contributed by atoms with Gasteiger partial charge < -0.3 is 9.80 Å². The van der Waals surface area contributed by atoms with Gasteiger partial charge in [-0.05, 0) is 56.1 Å². The molecule has 4 heterocycles. The third kappa shape index (κ3) is 3.39. The molecule has 3 aliphatic rings. The molecule has 0 N–H and O–H groups in total. The van der Waals surface area contributed by atoms with Crippen molar-refractivity contribution in [2.45, 2.75) is 51.2 Å². The lowest BCUT2D eigenvalue weighted by Gasteiger charge is -2.38. The molecule has 4 rings (SSSR count). The van der Waals surface area contributed by atoms with Gasteiger partial charge in [0.15, 0.2) is 0 Å². The number of carbonyl (C=O) groups is 1. The van der Waals surface area contributed by atoms with E-state index in [1.807, 2.05) is 11.3 Å². The van der Waals surface area contributed by atoms with Crippen LogP contribution >= 0.6 is 11.3 Å². The van der Waals surface area contributed by atoms with E-state index in [-0.39, 0.29) is 0 Å². The Morgan fingerprint density at radius 3 is 2.79 bits per heavy atom. The van der Waals surface area contributed by atoms with Crippen LogP contribution in [0.5, 0.6) is 0 Å². The molecule has 0 spiro atoms. The molecule has 4 nitrogen and oxygen atoms in total. The summed E-state index contributed by atoms with van der Waals surface area (Å²) < 4.78 is 0. The number of carbonyl (C=O) groups excluding carboxylic acids is 1. The third-order valence-electron chi connectivity index (χ3n) is 6.09. The molecule has 1 aromatic rings. The van der Waals surface area contributed by atoms with Gasteiger partial charge in [-0.1, -0.05) is 6.07 Å². The number of thiophene rings is 1. The van der Waals surface area contributed by atoms with Crippen LogP contribution in [-0.2, 0) is 11.3 Å².